The minimum absolute atomic E-state index is 0. The highest BCUT2D eigenvalue weighted by atomic mass is 35.5. The first-order chi connectivity index (χ1) is 10.2. The molecule has 3 aliphatic rings. The van der Waals surface area contributed by atoms with E-state index in [0.717, 1.165) is 25.3 Å². The summed E-state index contributed by atoms with van der Waals surface area (Å²) in [7, 11) is 0. The molecule has 3 nitrogen and oxygen atoms in total. The van der Waals surface area contributed by atoms with Crippen molar-refractivity contribution >= 4 is 30.1 Å². The zero-order chi connectivity index (χ0) is 14.4. The van der Waals surface area contributed by atoms with Crippen LogP contribution in [0.3, 0.4) is 0 Å². The van der Waals surface area contributed by atoms with Gasteiger partial charge in [0.2, 0.25) is 5.91 Å². The maximum atomic E-state index is 12.9. The number of nitrogens with two attached hydrogens (primary N) is 1. The molecule has 22 heavy (non-hydrogen) atoms. The fourth-order valence-electron chi connectivity index (χ4n) is 4.28. The fourth-order valence-corrected chi connectivity index (χ4v) is 5.50. The summed E-state index contributed by atoms with van der Waals surface area (Å²) in [4.78, 5) is 16.3. The number of amides is 1. The molecule has 4 unspecified atom stereocenters. The van der Waals surface area contributed by atoms with Crippen molar-refractivity contribution < 1.29 is 4.79 Å². The highest BCUT2D eigenvalue weighted by Gasteiger charge is 2.42. The van der Waals surface area contributed by atoms with Gasteiger partial charge in [0, 0.05) is 29.8 Å². The summed E-state index contributed by atoms with van der Waals surface area (Å²) >= 11 is 1.82. The first kappa shape index (κ1) is 16.2. The van der Waals surface area contributed by atoms with Gasteiger partial charge in [-0.3, -0.25) is 4.79 Å². The number of likely N-dealkylation sites (tertiary alicyclic amines) is 1. The SMILES string of the molecule is Cl.NC1CCCC2CN(C(=O)C3CSc4ccccc43)CC12. The molecular weight excluding hydrogens is 316 g/mol. The smallest absolute Gasteiger partial charge is 0.231 e. The van der Waals surface area contributed by atoms with Gasteiger partial charge in [-0.15, -0.1) is 24.2 Å². The van der Waals surface area contributed by atoms with Crippen LogP contribution < -0.4 is 5.73 Å². The molecule has 5 heteroatoms. The summed E-state index contributed by atoms with van der Waals surface area (Å²) in [5, 5.41) is 0. The Morgan fingerprint density at radius 2 is 2.05 bits per heavy atom. The van der Waals surface area contributed by atoms with E-state index < -0.39 is 0 Å². The molecule has 2 fully saturated rings. The van der Waals surface area contributed by atoms with Crippen LogP contribution in [0.2, 0.25) is 0 Å². The lowest BCUT2D eigenvalue weighted by Crippen LogP contribution is -2.39. The molecule has 2 aliphatic heterocycles. The van der Waals surface area contributed by atoms with Crippen molar-refractivity contribution in [2.75, 3.05) is 18.8 Å². The lowest BCUT2D eigenvalue weighted by atomic mass is 9.78. The predicted molar refractivity (Wildman–Crippen MR) is 92.5 cm³/mol. The molecule has 0 bridgehead atoms. The number of rotatable bonds is 1. The number of halogens is 1. The van der Waals surface area contributed by atoms with E-state index in [1.54, 1.807) is 0 Å². The van der Waals surface area contributed by atoms with Crippen molar-refractivity contribution in [3.63, 3.8) is 0 Å². The molecule has 0 radical (unpaired) electrons. The monoisotopic (exact) mass is 338 g/mol. The molecule has 120 valence electrons. The summed E-state index contributed by atoms with van der Waals surface area (Å²) in [6.07, 6.45) is 3.61. The molecule has 1 amide bonds. The normalized spacial score (nSPS) is 33.0. The topological polar surface area (TPSA) is 46.3 Å². The number of hydrogen-bond donors (Lipinski definition) is 1. The minimum atomic E-state index is 0. The molecule has 1 saturated carbocycles. The van der Waals surface area contributed by atoms with Crippen LogP contribution in [0.15, 0.2) is 29.2 Å². The van der Waals surface area contributed by atoms with Gasteiger partial charge in [0.1, 0.15) is 0 Å². The van der Waals surface area contributed by atoms with E-state index in [4.69, 9.17) is 5.73 Å². The maximum Gasteiger partial charge on any atom is 0.231 e. The van der Waals surface area contributed by atoms with Crippen LogP contribution in [0, 0.1) is 11.8 Å². The summed E-state index contributed by atoms with van der Waals surface area (Å²) in [5.74, 6) is 2.46. The molecule has 2 N–H and O–H groups in total. The lowest BCUT2D eigenvalue weighted by Gasteiger charge is -2.29. The Bertz CT molecular complexity index is 567. The van der Waals surface area contributed by atoms with Gasteiger partial charge in [-0.1, -0.05) is 24.6 Å². The first-order valence-corrected chi connectivity index (χ1v) is 8.98. The van der Waals surface area contributed by atoms with Crippen molar-refractivity contribution in [1.29, 1.82) is 0 Å². The highest BCUT2D eigenvalue weighted by molar-refractivity contribution is 7.99. The second-order valence-electron chi connectivity index (χ2n) is 6.66. The summed E-state index contributed by atoms with van der Waals surface area (Å²) in [6, 6.07) is 8.65. The summed E-state index contributed by atoms with van der Waals surface area (Å²) in [5.41, 5.74) is 7.50. The van der Waals surface area contributed by atoms with Gasteiger partial charge >= 0.3 is 0 Å². The molecule has 1 aromatic rings. The van der Waals surface area contributed by atoms with E-state index in [-0.39, 0.29) is 18.3 Å². The zero-order valence-electron chi connectivity index (χ0n) is 12.6. The zero-order valence-corrected chi connectivity index (χ0v) is 14.2. The van der Waals surface area contributed by atoms with Crippen LogP contribution in [0.5, 0.6) is 0 Å². The van der Waals surface area contributed by atoms with Gasteiger partial charge in [0.05, 0.1) is 5.92 Å². The number of thioether (sulfide) groups is 1. The van der Waals surface area contributed by atoms with Crippen molar-refractivity contribution in [2.45, 2.75) is 36.1 Å². The Labute approximate surface area is 142 Å². The van der Waals surface area contributed by atoms with E-state index in [1.165, 1.54) is 23.3 Å². The average Bonchev–Trinajstić information content (AvgIpc) is 3.11. The standard InChI is InChI=1S/C17H22N2OS.ClH/c18-15-6-3-4-11-8-19(9-13(11)15)17(20)14-10-21-16-7-2-1-5-12(14)16;/h1-2,5,7,11,13-15H,3-4,6,8-10,18H2;1H. The number of benzene rings is 1. The number of nitrogens with zero attached hydrogens (tertiary/aromatic N) is 1. The van der Waals surface area contributed by atoms with Crippen molar-refractivity contribution in [2.24, 2.45) is 17.6 Å². The predicted octanol–water partition coefficient (Wildman–Crippen LogP) is 2.88. The quantitative estimate of drug-likeness (QED) is 0.856. The maximum absolute atomic E-state index is 12.9. The van der Waals surface area contributed by atoms with Gasteiger partial charge < -0.3 is 10.6 Å². The third-order valence-electron chi connectivity index (χ3n) is 5.46. The third-order valence-corrected chi connectivity index (χ3v) is 6.65. The number of carbonyl (C=O) groups excluding carboxylic acids is 1. The van der Waals surface area contributed by atoms with Crippen molar-refractivity contribution in [3.8, 4) is 0 Å². The van der Waals surface area contributed by atoms with Gasteiger partial charge in [0.15, 0.2) is 0 Å². The van der Waals surface area contributed by atoms with E-state index in [2.05, 4.69) is 23.1 Å². The van der Waals surface area contributed by atoms with Crippen LogP contribution >= 0.6 is 24.2 Å². The van der Waals surface area contributed by atoms with E-state index in [9.17, 15) is 4.79 Å². The first-order valence-electron chi connectivity index (χ1n) is 8.00. The molecular formula is C17H23ClN2OS. The van der Waals surface area contributed by atoms with Crippen LogP contribution in [-0.4, -0.2) is 35.7 Å². The fraction of sp³-hybridized carbons (Fsp3) is 0.588. The third kappa shape index (κ3) is 2.66. The molecule has 0 spiro atoms. The highest BCUT2D eigenvalue weighted by Crippen LogP contribution is 2.42. The Kier molecular flexibility index (Phi) is 4.72. The largest absolute Gasteiger partial charge is 0.342 e. The van der Waals surface area contributed by atoms with E-state index in [1.807, 2.05) is 17.8 Å². The number of carbonyl (C=O) groups is 1. The second kappa shape index (κ2) is 6.42. The van der Waals surface area contributed by atoms with Crippen LogP contribution in [0.1, 0.15) is 30.7 Å². The Morgan fingerprint density at radius 1 is 1.23 bits per heavy atom. The summed E-state index contributed by atoms with van der Waals surface area (Å²) in [6.45, 7) is 1.81. The van der Waals surface area contributed by atoms with E-state index in [0.29, 0.717) is 23.8 Å². The van der Waals surface area contributed by atoms with Gasteiger partial charge in [-0.05, 0) is 36.3 Å². The Balaban J connectivity index is 0.00000144. The molecule has 1 aliphatic carbocycles. The van der Waals surface area contributed by atoms with Gasteiger partial charge in [-0.2, -0.15) is 0 Å². The van der Waals surface area contributed by atoms with Crippen LogP contribution in [0.25, 0.3) is 0 Å². The lowest BCUT2D eigenvalue weighted by molar-refractivity contribution is -0.131. The van der Waals surface area contributed by atoms with E-state index >= 15 is 0 Å². The molecule has 0 aromatic heterocycles. The molecule has 1 saturated heterocycles. The molecule has 2 heterocycles. The number of fused-ring (bicyclic) bond motifs is 2. The summed E-state index contributed by atoms with van der Waals surface area (Å²) < 4.78 is 0. The number of hydrogen-bond acceptors (Lipinski definition) is 3. The van der Waals surface area contributed by atoms with Crippen LogP contribution in [-0.2, 0) is 4.79 Å². The van der Waals surface area contributed by atoms with Gasteiger partial charge in [-0.25, -0.2) is 0 Å². The van der Waals surface area contributed by atoms with Crippen molar-refractivity contribution in [3.05, 3.63) is 29.8 Å². The van der Waals surface area contributed by atoms with Crippen molar-refractivity contribution in [1.82, 2.24) is 4.90 Å². The van der Waals surface area contributed by atoms with Gasteiger partial charge in [0.25, 0.3) is 0 Å². The van der Waals surface area contributed by atoms with Crippen LogP contribution in [0.4, 0.5) is 0 Å². The molecule has 4 atom stereocenters. The second-order valence-corrected chi connectivity index (χ2v) is 7.73. The average molecular weight is 339 g/mol. The molecule has 1 aromatic carbocycles. The Morgan fingerprint density at radius 3 is 2.86 bits per heavy atom. The molecule has 4 rings (SSSR count). The minimum Gasteiger partial charge on any atom is -0.342 e. The Hall–Kier alpha value is -0.710.